The molecule has 6 heteroatoms. The molecule has 1 heterocycles. The molecule has 0 saturated carbocycles. The molecule has 0 bridgehead atoms. The monoisotopic (exact) mass is 292 g/mol. The maximum absolute atomic E-state index is 10.3. The summed E-state index contributed by atoms with van der Waals surface area (Å²) in [5, 5.41) is 10.9. The minimum atomic E-state index is -0.727. The van der Waals surface area contributed by atoms with Gasteiger partial charge in [0.25, 0.3) is 0 Å². The third-order valence-electron chi connectivity index (χ3n) is 3.03. The van der Waals surface area contributed by atoms with Crippen LogP contribution in [0.2, 0.25) is 0 Å². The van der Waals surface area contributed by atoms with E-state index in [1.54, 1.807) is 6.92 Å². The van der Waals surface area contributed by atoms with Crippen LogP contribution in [0, 0.1) is 0 Å². The number of aliphatic hydroxyl groups excluding tert-OH is 1. The smallest absolute Gasteiger partial charge is 0.124 e. The summed E-state index contributed by atoms with van der Waals surface area (Å²) < 4.78 is 1.07. The van der Waals surface area contributed by atoms with Gasteiger partial charge in [0, 0.05) is 12.6 Å². The first-order chi connectivity index (χ1) is 9.58. The molecular formula is C14H20N4OS. The van der Waals surface area contributed by atoms with Crippen LogP contribution in [0.25, 0.3) is 10.2 Å². The molecule has 0 aliphatic rings. The van der Waals surface area contributed by atoms with Crippen LogP contribution in [0.1, 0.15) is 30.9 Å². The van der Waals surface area contributed by atoms with Crippen LogP contribution >= 0.6 is 11.3 Å². The van der Waals surface area contributed by atoms with Crippen LogP contribution in [0.15, 0.2) is 29.3 Å². The van der Waals surface area contributed by atoms with Crippen LogP contribution in [-0.4, -0.2) is 28.5 Å². The Hall–Kier alpha value is -1.50. The Bertz CT molecular complexity index is 559. The number of para-hydroxylation sites is 1. The minimum absolute atomic E-state index is 0.330. The quantitative estimate of drug-likeness (QED) is 0.430. The van der Waals surface area contributed by atoms with Crippen LogP contribution in [-0.2, 0) is 0 Å². The fourth-order valence-electron chi connectivity index (χ4n) is 1.94. The highest BCUT2D eigenvalue weighted by Crippen LogP contribution is 2.28. The highest BCUT2D eigenvalue weighted by Gasteiger charge is 2.20. The molecule has 5 nitrogen and oxygen atoms in total. The van der Waals surface area contributed by atoms with Crippen LogP contribution in [0.3, 0.4) is 0 Å². The molecule has 1 aromatic heterocycles. The lowest BCUT2D eigenvalue weighted by Crippen LogP contribution is -2.28. The van der Waals surface area contributed by atoms with Gasteiger partial charge in [-0.3, -0.25) is 4.99 Å². The topological polar surface area (TPSA) is 97.5 Å². The number of nitrogens with zero attached hydrogens (tertiary/aromatic N) is 2. The Balaban J connectivity index is 1.95. The van der Waals surface area contributed by atoms with Crippen molar-refractivity contribution in [3.8, 4) is 0 Å². The first-order valence-corrected chi connectivity index (χ1v) is 7.45. The molecule has 2 aromatic rings. The number of hydrogen-bond acceptors (Lipinski definition) is 5. The number of aliphatic hydroxyl groups is 1. The zero-order chi connectivity index (χ0) is 14.5. The summed E-state index contributed by atoms with van der Waals surface area (Å²) in [6.45, 7) is 2.40. The molecule has 1 aromatic carbocycles. The van der Waals surface area contributed by atoms with Gasteiger partial charge in [0.2, 0.25) is 0 Å². The molecular weight excluding hydrogens is 272 g/mol. The van der Waals surface area contributed by atoms with Crippen LogP contribution in [0.4, 0.5) is 0 Å². The van der Waals surface area contributed by atoms with E-state index < -0.39 is 6.10 Å². The summed E-state index contributed by atoms with van der Waals surface area (Å²) in [5.74, 6) is 0.574. The fourth-order valence-corrected chi connectivity index (χ4v) is 2.97. The van der Waals surface area contributed by atoms with Crippen molar-refractivity contribution in [2.75, 3.05) is 6.54 Å². The number of thiazole rings is 1. The van der Waals surface area contributed by atoms with Gasteiger partial charge in [0.1, 0.15) is 11.1 Å². The number of rotatable bonds is 6. The number of nitrogens with two attached hydrogens (primary N) is 2. The average Bonchev–Trinajstić information content (AvgIpc) is 2.86. The molecule has 20 heavy (non-hydrogen) atoms. The number of aliphatic imine (C=N–C) groups is 1. The summed E-state index contributed by atoms with van der Waals surface area (Å²) >= 11 is 1.49. The molecule has 1 unspecified atom stereocenters. The highest BCUT2D eigenvalue weighted by atomic mass is 32.1. The number of hydrogen-bond donors (Lipinski definition) is 3. The molecule has 0 aliphatic heterocycles. The van der Waals surface area contributed by atoms with Gasteiger partial charge in [0.05, 0.1) is 16.1 Å². The first kappa shape index (κ1) is 14.9. The largest absolute Gasteiger partial charge is 0.388 e. The molecule has 108 valence electrons. The average molecular weight is 292 g/mol. The third kappa shape index (κ3) is 3.75. The minimum Gasteiger partial charge on any atom is -0.388 e. The zero-order valence-corrected chi connectivity index (χ0v) is 12.3. The van der Waals surface area contributed by atoms with E-state index in [9.17, 15) is 5.11 Å². The standard InChI is InChI=1S/C14H20N4OS/c1-9(15)17-8-4-5-10(16)13(19)14-18-11-6-2-3-7-12(11)20-14/h2-3,6-7,10,13,19H,4-5,8,16H2,1H3,(H2,15,17)/t10-,13?/m0/s1. The normalized spacial score (nSPS) is 15.4. The molecule has 2 rings (SSSR count). The molecule has 0 amide bonds. The number of amidine groups is 1. The van der Waals surface area contributed by atoms with E-state index in [1.165, 1.54) is 11.3 Å². The highest BCUT2D eigenvalue weighted by molar-refractivity contribution is 7.18. The Kier molecular flexibility index (Phi) is 5.05. The van der Waals surface area contributed by atoms with Crippen molar-refractivity contribution >= 4 is 27.4 Å². The van der Waals surface area contributed by atoms with Crippen LogP contribution in [0.5, 0.6) is 0 Å². The Morgan fingerprint density at radius 1 is 1.45 bits per heavy atom. The van der Waals surface area contributed by atoms with Gasteiger partial charge >= 0.3 is 0 Å². The fraction of sp³-hybridized carbons (Fsp3) is 0.429. The van der Waals surface area contributed by atoms with Gasteiger partial charge in [0.15, 0.2) is 0 Å². The van der Waals surface area contributed by atoms with E-state index in [-0.39, 0.29) is 6.04 Å². The second-order valence-corrected chi connectivity index (χ2v) is 5.86. The van der Waals surface area contributed by atoms with Crippen molar-refractivity contribution in [1.29, 1.82) is 0 Å². The van der Waals surface area contributed by atoms with Crippen molar-refractivity contribution < 1.29 is 5.11 Å². The third-order valence-corrected chi connectivity index (χ3v) is 4.13. The van der Waals surface area contributed by atoms with E-state index in [1.807, 2.05) is 24.3 Å². The molecule has 0 spiro atoms. The molecule has 0 radical (unpaired) electrons. The van der Waals surface area contributed by atoms with Gasteiger partial charge in [-0.15, -0.1) is 11.3 Å². The Morgan fingerprint density at radius 2 is 2.20 bits per heavy atom. The maximum atomic E-state index is 10.3. The van der Waals surface area contributed by atoms with Crippen molar-refractivity contribution in [2.24, 2.45) is 16.5 Å². The van der Waals surface area contributed by atoms with Gasteiger partial charge in [-0.2, -0.15) is 0 Å². The second kappa shape index (κ2) is 6.78. The summed E-state index contributed by atoms with van der Waals surface area (Å²) in [5.41, 5.74) is 12.4. The Labute approximate surface area is 122 Å². The zero-order valence-electron chi connectivity index (χ0n) is 11.5. The van der Waals surface area contributed by atoms with E-state index in [0.29, 0.717) is 23.8 Å². The molecule has 0 fully saturated rings. The first-order valence-electron chi connectivity index (χ1n) is 6.63. The van der Waals surface area contributed by atoms with Gasteiger partial charge in [-0.1, -0.05) is 12.1 Å². The summed E-state index contributed by atoms with van der Waals surface area (Å²) in [6.07, 6.45) is 0.765. The van der Waals surface area contributed by atoms with E-state index in [2.05, 4.69) is 9.98 Å². The predicted molar refractivity (Wildman–Crippen MR) is 84.0 cm³/mol. The number of aromatic nitrogens is 1. The SMILES string of the molecule is CC(N)=NCCC[C@H](N)C(O)c1nc2ccccc2s1. The molecule has 0 saturated heterocycles. The van der Waals surface area contributed by atoms with Crippen molar-refractivity contribution in [3.63, 3.8) is 0 Å². The van der Waals surface area contributed by atoms with Gasteiger partial charge < -0.3 is 16.6 Å². The predicted octanol–water partition coefficient (Wildman–Crippen LogP) is 1.81. The maximum Gasteiger partial charge on any atom is 0.124 e. The van der Waals surface area contributed by atoms with E-state index in [4.69, 9.17) is 11.5 Å². The van der Waals surface area contributed by atoms with Gasteiger partial charge in [-0.25, -0.2) is 4.98 Å². The van der Waals surface area contributed by atoms with Crippen molar-refractivity contribution in [3.05, 3.63) is 29.3 Å². The van der Waals surface area contributed by atoms with Crippen LogP contribution < -0.4 is 11.5 Å². The number of fused-ring (bicyclic) bond motifs is 1. The van der Waals surface area contributed by atoms with E-state index in [0.717, 1.165) is 16.6 Å². The molecule has 0 aliphatic carbocycles. The lowest BCUT2D eigenvalue weighted by molar-refractivity contribution is 0.141. The molecule has 5 N–H and O–H groups in total. The van der Waals surface area contributed by atoms with Gasteiger partial charge in [-0.05, 0) is 31.9 Å². The summed E-state index contributed by atoms with van der Waals surface area (Å²) in [6, 6.07) is 7.50. The lowest BCUT2D eigenvalue weighted by Gasteiger charge is -2.15. The van der Waals surface area contributed by atoms with E-state index >= 15 is 0 Å². The lowest BCUT2D eigenvalue weighted by atomic mass is 10.1. The summed E-state index contributed by atoms with van der Waals surface area (Å²) in [7, 11) is 0. The van der Waals surface area contributed by atoms with Crippen molar-refractivity contribution in [1.82, 2.24) is 4.98 Å². The number of benzene rings is 1. The Morgan fingerprint density at radius 3 is 2.90 bits per heavy atom. The molecule has 2 atom stereocenters. The van der Waals surface area contributed by atoms with Crippen molar-refractivity contribution in [2.45, 2.75) is 31.9 Å². The second-order valence-electron chi connectivity index (χ2n) is 4.79. The summed E-state index contributed by atoms with van der Waals surface area (Å²) in [4.78, 5) is 8.54.